The van der Waals surface area contributed by atoms with Gasteiger partial charge in [-0.15, -0.1) is 0 Å². The molecule has 36 heavy (non-hydrogen) atoms. The summed E-state index contributed by atoms with van der Waals surface area (Å²) in [6, 6.07) is 12.3. The zero-order valence-electron chi connectivity index (χ0n) is 21.9. The van der Waals surface area contributed by atoms with Crippen molar-refractivity contribution in [3.63, 3.8) is 0 Å². The predicted octanol–water partition coefficient (Wildman–Crippen LogP) is 7.32. The van der Waals surface area contributed by atoms with Gasteiger partial charge in [-0.25, -0.2) is 5.43 Å². The van der Waals surface area contributed by atoms with Crippen LogP contribution < -0.4 is 11.2 Å². The lowest BCUT2D eigenvalue weighted by Gasteiger charge is -2.26. The number of carbonyl (C=O) groups is 2. The molecule has 0 aromatic heterocycles. The highest BCUT2D eigenvalue weighted by molar-refractivity contribution is 9.11. The van der Waals surface area contributed by atoms with E-state index in [1.807, 2.05) is 62.3 Å². The Labute approximate surface area is 225 Å². The van der Waals surface area contributed by atoms with Crippen LogP contribution in [0.4, 0.5) is 0 Å². The fraction of sp³-hybridized carbons (Fsp3) is 0.300. The number of benzene rings is 2. The minimum absolute atomic E-state index is 0.424. The van der Waals surface area contributed by atoms with Crippen molar-refractivity contribution in [3.05, 3.63) is 88.5 Å². The molecule has 0 saturated carbocycles. The zero-order chi connectivity index (χ0) is 27.2. The minimum Gasteiger partial charge on any atom is -0.333 e. The van der Waals surface area contributed by atoms with Crippen LogP contribution >= 0.6 is 15.9 Å². The summed E-state index contributed by atoms with van der Waals surface area (Å²) in [5.74, 6) is 0. The van der Waals surface area contributed by atoms with Crippen molar-refractivity contribution in [2.75, 3.05) is 7.05 Å². The van der Waals surface area contributed by atoms with Gasteiger partial charge in [-0.1, -0.05) is 109 Å². The molecular weight excluding hydrogens is 514 g/mol. The second kappa shape index (κ2) is 20.1. The molecule has 2 aromatic carbocycles. The first-order valence-electron chi connectivity index (χ1n) is 12.0. The molecule has 3 rings (SSSR count). The number of hydrazone groups is 1. The highest BCUT2D eigenvalue weighted by atomic mass is 79.9. The summed E-state index contributed by atoms with van der Waals surface area (Å²) in [5, 5.41) is 6.11. The lowest BCUT2D eigenvalue weighted by atomic mass is 9.79. The molecule has 6 heteroatoms. The molecule has 0 saturated heterocycles. The molecule has 0 fully saturated rings. The van der Waals surface area contributed by atoms with E-state index in [1.54, 1.807) is 6.21 Å². The molecule has 0 spiro atoms. The molecule has 1 unspecified atom stereocenters. The maximum Gasteiger partial charge on any atom is 0.227 e. The van der Waals surface area contributed by atoms with Gasteiger partial charge in [0.15, 0.2) is 0 Å². The molecule has 1 aliphatic carbocycles. The summed E-state index contributed by atoms with van der Waals surface area (Å²) in [6.45, 7) is 8.57. The lowest BCUT2D eigenvalue weighted by Crippen LogP contribution is -2.13. The van der Waals surface area contributed by atoms with Gasteiger partial charge < -0.3 is 10.5 Å². The first kappa shape index (κ1) is 32.9. The van der Waals surface area contributed by atoms with E-state index in [2.05, 4.69) is 76.4 Å². The number of allylic oxidation sites excluding steroid dienone is 7. The van der Waals surface area contributed by atoms with Crippen molar-refractivity contribution < 1.29 is 9.59 Å². The number of nitrogens with one attached hydrogen (secondary N) is 1. The number of nitrogens with zero attached hydrogens (tertiary/aromatic N) is 1. The molecule has 0 heterocycles. The Hall–Kier alpha value is -3.09. The van der Waals surface area contributed by atoms with E-state index in [0.717, 1.165) is 21.9 Å². The largest absolute Gasteiger partial charge is 0.333 e. The van der Waals surface area contributed by atoms with E-state index >= 15 is 0 Å². The van der Waals surface area contributed by atoms with Crippen LogP contribution in [0.1, 0.15) is 57.6 Å². The quantitative estimate of drug-likeness (QED) is 0.155. The third-order valence-corrected chi connectivity index (χ3v) is 5.94. The zero-order valence-corrected chi connectivity index (χ0v) is 23.5. The summed E-state index contributed by atoms with van der Waals surface area (Å²) >= 11 is 3.48. The van der Waals surface area contributed by atoms with E-state index in [4.69, 9.17) is 4.79 Å². The third kappa shape index (κ3) is 12.6. The average Bonchev–Trinajstić information content (AvgIpc) is 2.92. The van der Waals surface area contributed by atoms with Crippen molar-refractivity contribution >= 4 is 52.2 Å². The predicted molar refractivity (Wildman–Crippen MR) is 160 cm³/mol. The molecule has 0 aliphatic heterocycles. The van der Waals surface area contributed by atoms with Crippen LogP contribution in [-0.4, -0.2) is 26.5 Å². The van der Waals surface area contributed by atoms with Gasteiger partial charge >= 0.3 is 0 Å². The molecule has 3 N–H and O–H groups in total. The first-order valence-corrected chi connectivity index (χ1v) is 12.8. The van der Waals surface area contributed by atoms with Crippen LogP contribution in [0.25, 0.3) is 16.8 Å². The normalized spacial score (nSPS) is 16.4. The standard InChI is InChI=1S/C17H16N2O.C11H17Br.CH5N.CH2O/c1-2-3-4-7-14-10-15-8-5-6-9-17(15)16(11-14)12-18-19-13-20;1-3-4-7-11(2)8-5-10(12)6-9-11;2*1-2/h2-13H,1H3,(H,19,20);5-6,8H,3-4,7,9H2,1-2H3;2H2,1H3;1H2/b3-2-,7-4-,18-12+;;;. The molecular formula is C30H40BrN3O2. The SMILES string of the molecule is C/C=C\C=C/c1cc(/C=N/NC=O)c2ccccc2c1.C=O.CCCCC1(C)C=CC(Br)=CC1.CN. The van der Waals surface area contributed by atoms with Crippen LogP contribution in [-0.2, 0) is 9.59 Å². The van der Waals surface area contributed by atoms with Crippen LogP contribution in [0.3, 0.4) is 0 Å². The Morgan fingerprint density at radius 1 is 1.19 bits per heavy atom. The lowest BCUT2D eigenvalue weighted by molar-refractivity contribution is -0.109. The second-order valence-corrected chi connectivity index (χ2v) is 9.02. The maximum absolute atomic E-state index is 10.3. The molecule has 0 bridgehead atoms. The summed E-state index contributed by atoms with van der Waals surface area (Å²) in [5.41, 5.74) is 9.28. The van der Waals surface area contributed by atoms with Crippen molar-refractivity contribution in [3.8, 4) is 0 Å². The summed E-state index contributed by atoms with van der Waals surface area (Å²) in [4.78, 5) is 18.3. The smallest absolute Gasteiger partial charge is 0.227 e. The number of fused-ring (bicyclic) bond motifs is 1. The Bertz CT molecular complexity index is 1060. The molecule has 1 amide bonds. The van der Waals surface area contributed by atoms with Crippen LogP contribution in [0.2, 0.25) is 0 Å². The number of carbonyl (C=O) groups excluding carboxylic acids is 2. The summed E-state index contributed by atoms with van der Waals surface area (Å²) in [7, 11) is 1.50. The summed E-state index contributed by atoms with van der Waals surface area (Å²) < 4.78 is 1.23. The topological polar surface area (TPSA) is 84.5 Å². The van der Waals surface area contributed by atoms with Crippen molar-refractivity contribution in [2.24, 2.45) is 16.3 Å². The summed E-state index contributed by atoms with van der Waals surface area (Å²) in [6.07, 6.45) is 22.1. The van der Waals surface area contributed by atoms with Crippen LogP contribution in [0.15, 0.2) is 82.4 Å². The first-order chi connectivity index (χ1) is 17.5. The van der Waals surface area contributed by atoms with Crippen molar-refractivity contribution in [1.82, 2.24) is 5.43 Å². The van der Waals surface area contributed by atoms with Gasteiger partial charge in [0.25, 0.3) is 0 Å². The molecule has 0 radical (unpaired) electrons. The number of hydrogen-bond donors (Lipinski definition) is 2. The Morgan fingerprint density at radius 2 is 1.92 bits per heavy atom. The Morgan fingerprint density at radius 3 is 2.53 bits per heavy atom. The van der Waals surface area contributed by atoms with E-state index in [-0.39, 0.29) is 0 Å². The molecule has 1 atom stereocenters. The number of rotatable bonds is 8. The minimum atomic E-state index is 0.424. The molecule has 1 aliphatic rings. The highest BCUT2D eigenvalue weighted by Crippen LogP contribution is 2.35. The number of halogens is 1. The number of unbranched alkanes of at least 4 members (excludes halogenated alkanes) is 1. The average molecular weight is 555 g/mol. The molecule has 2 aromatic rings. The molecule has 194 valence electrons. The monoisotopic (exact) mass is 553 g/mol. The number of hydrogen-bond acceptors (Lipinski definition) is 4. The van der Waals surface area contributed by atoms with E-state index in [0.29, 0.717) is 11.8 Å². The van der Waals surface area contributed by atoms with Gasteiger partial charge in [0.05, 0.1) is 6.21 Å². The number of amides is 1. The van der Waals surface area contributed by atoms with Gasteiger partial charge in [0.2, 0.25) is 6.41 Å². The van der Waals surface area contributed by atoms with E-state index in [1.165, 1.54) is 37.2 Å². The van der Waals surface area contributed by atoms with E-state index < -0.39 is 0 Å². The van der Waals surface area contributed by atoms with Crippen molar-refractivity contribution in [1.29, 1.82) is 0 Å². The van der Waals surface area contributed by atoms with E-state index in [9.17, 15) is 4.79 Å². The van der Waals surface area contributed by atoms with Gasteiger partial charge in [-0.3, -0.25) is 4.79 Å². The van der Waals surface area contributed by atoms with Gasteiger partial charge in [-0.2, -0.15) is 5.10 Å². The number of nitrogens with two attached hydrogens (primary N) is 1. The van der Waals surface area contributed by atoms with Gasteiger partial charge in [0, 0.05) is 10.0 Å². The third-order valence-electron chi connectivity index (χ3n) is 5.35. The Balaban J connectivity index is 0.000000655. The van der Waals surface area contributed by atoms with Crippen LogP contribution in [0.5, 0.6) is 0 Å². The highest BCUT2D eigenvalue weighted by Gasteiger charge is 2.20. The fourth-order valence-electron chi connectivity index (χ4n) is 3.50. The second-order valence-electron chi connectivity index (χ2n) is 8.11. The Kier molecular flexibility index (Phi) is 18.4. The molecule has 5 nitrogen and oxygen atoms in total. The maximum atomic E-state index is 10.3. The van der Waals surface area contributed by atoms with Gasteiger partial charge in [-0.05, 0) is 60.7 Å². The van der Waals surface area contributed by atoms with Crippen molar-refractivity contribution in [2.45, 2.75) is 46.5 Å². The van der Waals surface area contributed by atoms with Gasteiger partial charge in [0.1, 0.15) is 6.79 Å². The van der Waals surface area contributed by atoms with Crippen LogP contribution in [0, 0.1) is 5.41 Å². The fourth-order valence-corrected chi connectivity index (χ4v) is 3.79.